The van der Waals surface area contributed by atoms with Crippen molar-refractivity contribution in [2.45, 2.75) is 6.61 Å². The highest BCUT2D eigenvalue weighted by atomic mass is 79.9. The van der Waals surface area contributed by atoms with Crippen LogP contribution in [0.1, 0.15) is 5.56 Å². The normalized spacial score (nSPS) is 10.7. The standard InChI is InChI=1S/C17H10BrCl2FN2O2/c18-11-3-1-10(2-4-11)9-25-15-8-22-23(17(24)16(15)20)14-6-5-12(19)7-13(14)21/h1-8H,9H2. The van der Waals surface area contributed by atoms with Crippen LogP contribution in [0.2, 0.25) is 10.0 Å². The van der Waals surface area contributed by atoms with Crippen LogP contribution in [0.5, 0.6) is 5.75 Å². The minimum atomic E-state index is -0.684. The van der Waals surface area contributed by atoms with Crippen molar-refractivity contribution in [3.63, 3.8) is 0 Å². The maximum Gasteiger partial charge on any atom is 0.294 e. The number of rotatable bonds is 4. The van der Waals surface area contributed by atoms with Crippen molar-refractivity contribution >= 4 is 39.1 Å². The minimum absolute atomic E-state index is 0.0456. The highest BCUT2D eigenvalue weighted by Gasteiger charge is 2.14. The minimum Gasteiger partial charge on any atom is -0.485 e. The van der Waals surface area contributed by atoms with Crippen LogP contribution >= 0.6 is 39.1 Å². The highest BCUT2D eigenvalue weighted by molar-refractivity contribution is 9.10. The first-order valence-electron chi connectivity index (χ1n) is 7.06. The Bertz CT molecular complexity index is 977. The van der Waals surface area contributed by atoms with Gasteiger partial charge in [0, 0.05) is 9.50 Å². The van der Waals surface area contributed by atoms with E-state index in [1.165, 1.54) is 18.3 Å². The molecule has 0 saturated carbocycles. The van der Waals surface area contributed by atoms with Crippen LogP contribution in [-0.2, 0) is 6.61 Å². The predicted octanol–water partition coefficient (Wildman–Crippen LogP) is 5.02. The summed E-state index contributed by atoms with van der Waals surface area (Å²) in [5, 5.41) is 3.97. The van der Waals surface area contributed by atoms with Gasteiger partial charge in [0.15, 0.2) is 10.8 Å². The fourth-order valence-electron chi connectivity index (χ4n) is 2.08. The average molecular weight is 444 g/mol. The lowest BCUT2D eigenvalue weighted by Gasteiger charge is -2.10. The van der Waals surface area contributed by atoms with Gasteiger partial charge in [0.2, 0.25) is 0 Å². The van der Waals surface area contributed by atoms with Crippen LogP contribution in [0.25, 0.3) is 5.69 Å². The molecule has 1 heterocycles. The van der Waals surface area contributed by atoms with E-state index in [2.05, 4.69) is 21.0 Å². The van der Waals surface area contributed by atoms with Crippen LogP contribution in [-0.4, -0.2) is 9.78 Å². The fourth-order valence-corrected chi connectivity index (χ4v) is 2.69. The zero-order valence-electron chi connectivity index (χ0n) is 12.5. The van der Waals surface area contributed by atoms with Gasteiger partial charge >= 0.3 is 0 Å². The van der Waals surface area contributed by atoms with Gasteiger partial charge < -0.3 is 4.74 Å². The first-order chi connectivity index (χ1) is 12.0. The van der Waals surface area contributed by atoms with E-state index in [1.54, 1.807) is 0 Å². The summed E-state index contributed by atoms with van der Waals surface area (Å²) >= 11 is 15.1. The molecule has 0 spiro atoms. The predicted molar refractivity (Wildman–Crippen MR) is 98.3 cm³/mol. The van der Waals surface area contributed by atoms with Gasteiger partial charge in [0.25, 0.3) is 5.56 Å². The molecule has 0 amide bonds. The number of halogens is 4. The highest BCUT2D eigenvalue weighted by Crippen LogP contribution is 2.22. The molecule has 0 unspecified atom stereocenters. The third-order valence-corrected chi connectivity index (χ3v) is 4.44. The number of ether oxygens (including phenoxy) is 1. The van der Waals surface area contributed by atoms with Crippen LogP contribution in [0.4, 0.5) is 4.39 Å². The molecule has 0 aliphatic carbocycles. The lowest BCUT2D eigenvalue weighted by Crippen LogP contribution is -2.23. The topological polar surface area (TPSA) is 44.1 Å². The second-order valence-corrected chi connectivity index (χ2v) is 6.78. The molecule has 0 atom stereocenters. The number of hydrogen-bond donors (Lipinski definition) is 0. The fraction of sp³-hybridized carbons (Fsp3) is 0.0588. The lowest BCUT2D eigenvalue weighted by molar-refractivity contribution is 0.303. The smallest absolute Gasteiger partial charge is 0.294 e. The largest absolute Gasteiger partial charge is 0.485 e. The Morgan fingerprint density at radius 1 is 1.16 bits per heavy atom. The molecule has 1 aromatic heterocycles. The summed E-state index contributed by atoms with van der Waals surface area (Å²) in [5.41, 5.74) is 0.166. The van der Waals surface area contributed by atoms with Gasteiger partial charge in [-0.05, 0) is 35.9 Å². The summed E-state index contributed by atoms with van der Waals surface area (Å²) in [6.45, 7) is 0.216. The molecule has 0 aliphatic heterocycles. The SMILES string of the molecule is O=c1c(Cl)c(OCc2ccc(Br)cc2)cnn1-c1ccc(Cl)cc1F. The summed E-state index contributed by atoms with van der Waals surface area (Å²) in [4.78, 5) is 12.4. The molecule has 0 N–H and O–H groups in total. The zero-order valence-corrected chi connectivity index (χ0v) is 15.6. The Morgan fingerprint density at radius 3 is 2.56 bits per heavy atom. The average Bonchev–Trinajstić information content (AvgIpc) is 2.58. The summed E-state index contributed by atoms with van der Waals surface area (Å²) in [5.74, 6) is -0.554. The molecule has 4 nitrogen and oxygen atoms in total. The van der Waals surface area contributed by atoms with Crippen molar-refractivity contribution in [2.75, 3.05) is 0 Å². The van der Waals surface area contributed by atoms with Gasteiger partial charge in [0.1, 0.15) is 18.1 Å². The number of aromatic nitrogens is 2. The molecule has 128 valence electrons. The number of hydrogen-bond acceptors (Lipinski definition) is 3. The van der Waals surface area contributed by atoms with Crippen LogP contribution in [0.3, 0.4) is 0 Å². The summed E-state index contributed by atoms with van der Waals surface area (Å²) in [6.07, 6.45) is 1.27. The third-order valence-electron chi connectivity index (χ3n) is 3.33. The molecule has 8 heteroatoms. The summed E-state index contributed by atoms with van der Waals surface area (Å²) in [6, 6.07) is 11.4. The molecule has 3 rings (SSSR count). The van der Waals surface area contributed by atoms with E-state index in [1.807, 2.05) is 24.3 Å². The first kappa shape index (κ1) is 17.9. The maximum atomic E-state index is 14.0. The quantitative estimate of drug-likeness (QED) is 0.568. The molecular weight excluding hydrogens is 434 g/mol. The van der Waals surface area contributed by atoms with Gasteiger partial charge in [-0.15, -0.1) is 0 Å². The molecule has 2 aromatic carbocycles. The van der Waals surface area contributed by atoms with Crippen molar-refractivity contribution in [1.82, 2.24) is 9.78 Å². The van der Waals surface area contributed by atoms with Crippen molar-refractivity contribution in [2.24, 2.45) is 0 Å². The van der Waals surface area contributed by atoms with E-state index in [4.69, 9.17) is 27.9 Å². The van der Waals surface area contributed by atoms with E-state index in [0.717, 1.165) is 20.8 Å². The molecule has 0 fully saturated rings. The lowest BCUT2D eigenvalue weighted by atomic mass is 10.2. The molecule has 0 aliphatic rings. The monoisotopic (exact) mass is 442 g/mol. The molecule has 0 radical (unpaired) electrons. The van der Waals surface area contributed by atoms with E-state index in [0.29, 0.717) is 0 Å². The Balaban J connectivity index is 1.87. The summed E-state index contributed by atoms with van der Waals surface area (Å²) in [7, 11) is 0. The van der Waals surface area contributed by atoms with Crippen LogP contribution in [0, 0.1) is 5.82 Å². The Labute approximate surface area is 160 Å². The van der Waals surface area contributed by atoms with Gasteiger partial charge in [-0.1, -0.05) is 51.3 Å². The van der Waals surface area contributed by atoms with Crippen molar-refractivity contribution < 1.29 is 9.13 Å². The van der Waals surface area contributed by atoms with Crippen molar-refractivity contribution in [1.29, 1.82) is 0 Å². The van der Waals surface area contributed by atoms with E-state index in [-0.39, 0.29) is 28.1 Å². The zero-order chi connectivity index (χ0) is 18.0. The Hall–Kier alpha value is -1.89. The molecular formula is C17H10BrCl2FN2O2. The molecule has 0 bridgehead atoms. The molecule has 3 aromatic rings. The molecule has 25 heavy (non-hydrogen) atoms. The maximum absolute atomic E-state index is 14.0. The number of benzene rings is 2. The van der Waals surface area contributed by atoms with Gasteiger partial charge in [0.05, 0.1) is 6.20 Å². The van der Waals surface area contributed by atoms with E-state index in [9.17, 15) is 9.18 Å². The van der Waals surface area contributed by atoms with Crippen molar-refractivity contribution in [3.8, 4) is 11.4 Å². The Kier molecular flexibility index (Phi) is 5.42. The van der Waals surface area contributed by atoms with Crippen LogP contribution < -0.4 is 10.3 Å². The molecule has 0 saturated heterocycles. The van der Waals surface area contributed by atoms with E-state index < -0.39 is 11.4 Å². The van der Waals surface area contributed by atoms with Gasteiger partial charge in [-0.3, -0.25) is 4.79 Å². The summed E-state index contributed by atoms with van der Waals surface area (Å²) < 4.78 is 21.3. The number of nitrogens with zero attached hydrogens (tertiary/aromatic N) is 2. The second kappa shape index (κ2) is 7.56. The Morgan fingerprint density at radius 2 is 1.88 bits per heavy atom. The second-order valence-electron chi connectivity index (χ2n) is 5.05. The van der Waals surface area contributed by atoms with Crippen LogP contribution in [0.15, 0.2) is 57.9 Å². The van der Waals surface area contributed by atoms with E-state index >= 15 is 0 Å². The third kappa shape index (κ3) is 4.03. The van der Waals surface area contributed by atoms with Gasteiger partial charge in [-0.25, -0.2) is 4.39 Å². The first-order valence-corrected chi connectivity index (χ1v) is 8.61. The van der Waals surface area contributed by atoms with Gasteiger partial charge in [-0.2, -0.15) is 9.78 Å². The van der Waals surface area contributed by atoms with Crippen molar-refractivity contribution in [3.05, 3.63) is 84.9 Å².